The van der Waals surface area contributed by atoms with Crippen LogP contribution in [0.25, 0.3) is 0 Å². The fourth-order valence-corrected chi connectivity index (χ4v) is 1.94. The summed E-state index contributed by atoms with van der Waals surface area (Å²) in [5, 5.41) is 10.7. The summed E-state index contributed by atoms with van der Waals surface area (Å²) in [6.45, 7) is 2.08. The molecule has 100 valence electrons. The van der Waals surface area contributed by atoms with Crippen LogP contribution in [0.1, 0.15) is 22.8 Å². The van der Waals surface area contributed by atoms with Gasteiger partial charge in [0.1, 0.15) is 6.61 Å². The minimum atomic E-state index is -0.533. The van der Waals surface area contributed by atoms with E-state index < -0.39 is 10.9 Å². The molecule has 1 amide bonds. The van der Waals surface area contributed by atoms with Crippen molar-refractivity contribution in [2.24, 2.45) is 0 Å². The summed E-state index contributed by atoms with van der Waals surface area (Å²) in [7, 11) is 0. The van der Waals surface area contributed by atoms with E-state index in [1.54, 1.807) is 6.07 Å². The molecule has 1 heterocycles. The molecule has 0 aliphatic carbocycles. The zero-order valence-corrected chi connectivity index (χ0v) is 10.3. The van der Waals surface area contributed by atoms with E-state index in [1.807, 2.05) is 0 Å². The van der Waals surface area contributed by atoms with Gasteiger partial charge in [-0.25, -0.2) is 0 Å². The molecule has 0 aromatic heterocycles. The molecule has 0 spiro atoms. The molecule has 0 fully saturated rings. The molecule has 2 rings (SSSR count). The molecule has 0 radical (unpaired) electrons. The number of non-ortho nitro benzene ring substituents is 1. The molecule has 7 heteroatoms. The van der Waals surface area contributed by atoms with E-state index in [2.05, 4.69) is 0 Å². The van der Waals surface area contributed by atoms with E-state index in [1.165, 1.54) is 24.0 Å². The number of amides is 1. The second-order valence-corrected chi connectivity index (χ2v) is 4.17. The first-order chi connectivity index (χ1) is 8.99. The highest BCUT2D eigenvalue weighted by Crippen LogP contribution is 2.26. The Labute approximate surface area is 108 Å². The average Bonchev–Trinajstić information content (AvgIpc) is 2.66. The van der Waals surface area contributed by atoms with Gasteiger partial charge in [0.2, 0.25) is 0 Å². The number of nitro groups is 1. The van der Waals surface area contributed by atoms with E-state index in [-0.39, 0.29) is 24.7 Å². The minimum Gasteiger partial charge on any atom is -0.464 e. The van der Waals surface area contributed by atoms with Gasteiger partial charge in [0.05, 0.1) is 17.0 Å². The van der Waals surface area contributed by atoms with E-state index in [0.717, 1.165) is 5.56 Å². The zero-order chi connectivity index (χ0) is 14.0. The average molecular weight is 264 g/mol. The first kappa shape index (κ1) is 13.0. The molecule has 19 heavy (non-hydrogen) atoms. The van der Waals surface area contributed by atoms with Crippen molar-refractivity contribution in [2.45, 2.75) is 13.5 Å². The van der Waals surface area contributed by atoms with Crippen LogP contribution in [-0.4, -0.2) is 34.9 Å². The molecular weight excluding hydrogens is 252 g/mol. The monoisotopic (exact) mass is 264 g/mol. The molecule has 0 N–H and O–H groups in total. The van der Waals surface area contributed by atoms with Gasteiger partial charge in [0, 0.05) is 25.6 Å². The first-order valence-corrected chi connectivity index (χ1v) is 5.69. The Balaban J connectivity index is 2.09. The number of rotatable bonds is 4. The number of nitro benzene ring substituents is 1. The Bertz CT molecular complexity index is 555. The maximum absolute atomic E-state index is 12.0. The van der Waals surface area contributed by atoms with Crippen LogP contribution in [-0.2, 0) is 16.1 Å². The van der Waals surface area contributed by atoms with Gasteiger partial charge in [-0.1, -0.05) is 0 Å². The Hall–Kier alpha value is -2.44. The lowest BCUT2D eigenvalue weighted by atomic mass is 10.1. The Morgan fingerprint density at radius 3 is 2.89 bits per heavy atom. The highest BCUT2D eigenvalue weighted by Gasteiger charge is 2.28. The van der Waals surface area contributed by atoms with E-state index in [9.17, 15) is 19.7 Å². The maximum Gasteiger partial charge on any atom is 0.302 e. The fraction of sp³-hybridized carbons (Fsp3) is 0.333. The summed E-state index contributed by atoms with van der Waals surface area (Å²) < 4.78 is 4.77. The molecule has 0 saturated carbocycles. The van der Waals surface area contributed by atoms with Crippen LogP contribution in [0, 0.1) is 10.1 Å². The van der Waals surface area contributed by atoms with Crippen LogP contribution in [0.4, 0.5) is 5.69 Å². The molecular formula is C12H12N2O5. The van der Waals surface area contributed by atoms with Gasteiger partial charge >= 0.3 is 5.97 Å². The third-order valence-electron chi connectivity index (χ3n) is 2.85. The van der Waals surface area contributed by atoms with E-state index in [4.69, 9.17) is 4.74 Å². The number of hydrogen-bond donors (Lipinski definition) is 0. The Morgan fingerprint density at radius 1 is 1.53 bits per heavy atom. The van der Waals surface area contributed by atoms with Gasteiger partial charge in [0.15, 0.2) is 0 Å². The summed E-state index contributed by atoms with van der Waals surface area (Å²) >= 11 is 0. The van der Waals surface area contributed by atoms with Gasteiger partial charge < -0.3 is 9.64 Å². The smallest absolute Gasteiger partial charge is 0.302 e. The molecule has 0 bridgehead atoms. The molecule has 1 aromatic carbocycles. The fourth-order valence-electron chi connectivity index (χ4n) is 1.94. The van der Waals surface area contributed by atoms with Gasteiger partial charge in [-0.2, -0.15) is 0 Å². The molecule has 1 aliphatic rings. The Morgan fingerprint density at radius 2 is 2.26 bits per heavy atom. The highest BCUT2D eigenvalue weighted by atomic mass is 16.6. The van der Waals surface area contributed by atoms with Crippen molar-refractivity contribution >= 4 is 17.6 Å². The Kier molecular flexibility index (Phi) is 3.46. The number of ether oxygens (including phenoxy) is 1. The van der Waals surface area contributed by atoms with Gasteiger partial charge in [-0.05, 0) is 11.6 Å². The number of carbonyl (C=O) groups is 2. The largest absolute Gasteiger partial charge is 0.464 e. The molecule has 0 saturated heterocycles. The lowest BCUT2D eigenvalue weighted by Gasteiger charge is -2.14. The molecule has 1 aliphatic heterocycles. The van der Waals surface area contributed by atoms with Gasteiger partial charge in [0.25, 0.3) is 11.6 Å². The second-order valence-electron chi connectivity index (χ2n) is 4.17. The van der Waals surface area contributed by atoms with Crippen LogP contribution >= 0.6 is 0 Å². The summed E-state index contributed by atoms with van der Waals surface area (Å²) in [5.74, 6) is -0.675. The lowest BCUT2D eigenvalue weighted by Crippen LogP contribution is -2.28. The highest BCUT2D eigenvalue weighted by molar-refractivity contribution is 5.98. The number of fused-ring (bicyclic) bond motifs is 1. The summed E-state index contributed by atoms with van der Waals surface area (Å²) in [4.78, 5) is 34.3. The van der Waals surface area contributed by atoms with Crippen molar-refractivity contribution in [3.8, 4) is 0 Å². The third-order valence-corrected chi connectivity index (χ3v) is 2.85. The number of hydrogen-bond acceptors (Lipinski definition) is 5. The molecule has 0 atom stereocenters. The number of nitrogens with zero attached hydrogens (tertiary/aromatic N) is 2. The normalized spacial score (nSPS) is 13.3. The summed E-state index contributed by atoms with van der Waals surface area (Å²) in [5.41, 5.74) is 0.990. The van der Waals surface area contributed by atoms with Crippen molar-refractivity contribution < 1.29 is 19.2 Å². The quantitative estimate of drug-likeness (QED) is 0.461. The summed E-state index contributed by atoms with van der Waals surface area (Å²) in [6, 6.07) is 4.24. The van der Waals surface area contributed by atoms with E-state index in [0.29, 0.717) is 12.1 Å². The van der Waals surface area contributed by atoms with Crippen LogP contribution in [0.5, 0.6) is 0 Å². The lowest BCUT2D eigenvalue weighted by molar-refractivity contribution is -0.384. The number of esters is 1. The van der Waals surface area contributed by atoms with Crippen molar-refractivity contribution in [1.29, 1.82) is 0 Å². The van der Waals surface area contributed by atoms with Crippen molar-refractivity contribution in [3.63, 3.8) is 0 Å². The minimum absolute atomic E-state index is 0.103. The van der Waals surface area contributed by atoms with Crippen molar-refractivity contribution in [1.82, 2.24) is 4.90 Å². The molecule has 0 unspecified atom stereocenters. The van der Waals surface area contributed by atoms with Crippen LogP contribution < -0.4 is 0 Å². The summed E-state index contributed by atoms with van der Waals surface area (Å²) in [6.07, 6.45) is 0. The third kappa shape index (κ3) is 2.70. The van der Waals surface area contributed by atoms with Crippen molar-refractivity contribution in [2.75, 3.05) is 13.2 Å². The van der Waals surface area contributed by atoms with Gasteiger partial charge in [-0.15, -0.1) is 0 Å². The SMILES string of the molecule is CC(=O)OCCN1Cc2ccc([N+](=O)[O-])cc2C1=O. The van der Waals surface area contributed by atoms with Crippen LogP contribution in [0.15, 0.2) is 18.2 Å². The standard InChI is InChI=1S/C12H12N2O5/c1-8(15)19-5-4-13-7-9-2-3-10(14(17)18)6-11(9)12(13)16/h2-3,6H,4-5,7H2,1H3. The predicted molar refractivity (Wildman–Crippen MR) is 64.5 cm³/mol. The first-order valence-electron chi connectivity index (χ1n) is 5.69. The van der Waals surface area contributed by atoms with Crippen LogP contribution in [0.2, 0.25) is 0 Å². The van der Waals surface area contributed by atoms with Crippen molar-refractivity contribution in [3.05, 3.63) is 39.4 Å². The van der Waals surface area contributed by atoms with Crippen LogP contribution in [0.3, 0.4) is 0 Å². The van der Waals surface area contributed by atoms with Gasteiger partial charge in [-0.3, -0.25) is 19.7 Å². The predicted octanol–water partition coefficient (Wildman–Crippen LogP) is 1.11. The number of benzene rings is 1. The molecule has 7 nitrogen and oxygen atoms in total. The van der Waals surface area contributed by atoms with E-state index >= 15 is 0 Å². The second kappa shape index (κ2) is 5.05. The molecule has 1 aromatic rings. The zero-order valence-electron chi connectivity index (χ0n) is 10.3. The maximum atomic E-state index is 12.0. The topological polar surface area (TPSA) is 89.8 Å². The number of carbonyl (C=O) groups excluding carboxylic acids is 2.